The minimum atomic E-state index is 0.349. The molecule has 4 nitrogen and oxygen atoms in total. The molecule has 0 aliphatic rings. The Morgan fingerprint density at radius 1 is 1.50 bits per heavy atom. The summed E-state index contributed by atoms with van der Waals surface area (Å²) in [6.07, 6.45) is 3.31. The van der Waals surface area contributed by atoms with Gasteiger partial charge in [0.15, 0.2) is 0 Å². The number of nitrogens with zero attached hydrogens (tertiary/aromatic N) is 2. The highest BCUT2D eigenvalue weighted by molar-refractivity contribution is 5.81. The molecule has 0 atom stereocenters. The van der Waals surface area contributed by atoms with Gasteiger partial charge in [-0.05, 0) is 12.1 Å². The average molecular weight is 191 g/mol. The van der Waals surface area contributed by atoms with Crippen molar-refractivity contribution in [2.24, 2.45) is 5.16 Å². The first-order chi connectivity index (χ1) is 6.88. The van der Waals surface area contributed by atoms with E-state index in [2.05, 4.69) is 9.99 Å². The van der Waals surface area contributed by atoms with Crippen LogP contribution >= 0.6 is 0 Å². The molecule has 0 saturated carbocycles. The zero-order valence-electron chi connectivity index (χ0n) is 7.88. The molecule has 0 aromatic heterocycles. The molecule has 73 valence electrons. The summed E-state index contributed by atoms with van der Waals surface area (Å²) in [7, 11) is 1.45. The van der Waals surface area contributed by atoms with E-state index >= 15 is 0 Å². The molecule has 1 radical (unpaired) electrons. The maximum absolute atomic E-state index is 10.6. The number of benzene rings is 1. The molecule has 0 bridgehead atoms. The number of para-hydroxylation sites is 1. The van der Waals surface area contributed by atoms with Crippen molar-refractivity contribution in [3.8, 4) is 0 Å². The molecule has 1 amide bonds. The zero-order chi connectivity index (χ0) is 10.2. The third kappa shape index (κ3) is 2.90. The Hall–Kier alpha value is -1.84. The summed E-state index contributed by atoms with van der Waals surface area (Å²) >= 11 is 0. The van der Waals surface area contributed by atoms with Crippen LogP contribution in [0.3, 0.4) is 0 Å². The van der Waals surface area contributed by atoms with Gasteiger partial charge >= 0.3 is 6.41 Å². The molecule has 0 aliphatic heterocycles. The third-order valence-electron chi connectivity index (χ3n) is 1.62. The van der Waals surface area contributed by atoms with E-state index in [1.165, 1.54) is 18.2 Å². The fraction of sp³-hybridized carbons (Fsp3) is 0.200. The van der Waals surface area contributed by atoms with Gasteiger partial charge in [0.2, 0.25) is 0 Å². The van der Waals surface area contributed by atoms with Crippen LogP contribution in [0.1, 0.15) is 0 Å². The van der Waals surface area contributed by atoms with E-state index in [4.69, 9.17) is 0 Å². The standard InChI is InChI=1S/C10H11N2O2/c1-14-11-7-8-12(9-13)10-5-3-2-4-6-10/h2-7H,8H2,1H3. The highest BCUT2D eigenvalue weighted by Crippen LogP contribution is 2.09. The second kappa shape index (κ2) is 5.75. The summed E-state index contributed by atoms with van der Waals surface area (Å²) in [5.41, 5.74) is 0.782. The van der Waals surface area contributed by atoms with Crippen molar-refractivity contribution in [2.45, 2.75) is 0 Å². The van der Waals surface area contributed by atoms with Gasteiger partial charge in [-0.3, -0.25) is 9.69 Å². The summed E-state index contributed by atoms with van der Waals surface area (Å²) in [4.78, 5) is 16.5. The number of rotatable bonds is 5. The maximum Gasteiger partial charge on any atom is 0.317 e. The van der Waals surface area contributed by atoms with Gasteiger partial charge in [0.25, 0.3) is 0 Å². The number of carbonyl (C=O) groups excluding carboxylic acids is 1. The van der Waals surface area contributed by atoms with Gasteiger partial charge in [0, 0.05) is 5.69 Å². The summed E-state index contributed by atoms with van der Waals surface area (Å²) in [6.45, 7) is 0.349. The number of oxime groups is 1. The van der Waals surface area contributed by atoms with Crippen LogP contribution in [0.15, 0.2) is 35.5 Å². The van der Waals surface area contributed by atoms with Gasteiger partial charge in [0.05, 0.1) is 12.8 Å². The number of hydrogen-bond acceptors (Lipinski definition) is 3. The van der Waals surface area contributed by atoms with E-state index in [1.807, 2.05) is 36.7 Å². The second-order valence-corrected chi connectivity index (χ2v) is 2.51. The summed E-state index contributed by atoms with van der Waals surface area (Å²) in [5, 5.41) is 3.54. The van der Waals surface area contributed by atoms with Crippen molar-refractivity contribution in [1.29, 1.82) is 0 Å². The largest absolute Gasteiger partial charge is 0.399 e. The SMILES string of the molecule is CON=CCN([C]=O)c1ccccc1. The monoisotopic (exact) mass is 191 g/mol. The van der Waals surface area contributed by atoms with Crippen LogP contribution in [0.2, 0.25) is 0 Å². The average Bonchev–Trinajstić information content (AvgIpc) is 2.26. The lowest BCUT2D eigenvalue weighted by atomic mass is 10.3. The predicted molar refractivity (Wildman–Crippen MR) is 55.0 cm³/mol. The first kappa shape index (κ1) is 10.2. The first-order valence-corrected chi connectivity index (χ1v) is 4.14. The van der Waals surface area contributed by atoms with E-state index in [0.29, 0.717) is 6.54 Å². The topological polar surface area (TPSA) is 41.9 Å². The van der Waals surface area contributed by atoms with E-state index in [0.717, 1.165) is 5.69 Å². The molecule has 1 rings (SSSR count). The van der Waals surface area contributed by atoms with Crippen molar-refractivity contribution in [3.63, 3.8) is 0 Å². The molecule has 1 aromatic carbocycles. The Morgan fingerprint density at radius 3 is 2.79 bits per heavy atom. The van der Waals surface area contributed by atoms with Gasteiger partial charge in [-0.2, -0.15) is 0 Å². The van der Waals surface area contributed by atoms with Crippen molar-refractivity contribution in [3.05, 3.63) is 30.3 Å². The van der Waals surface area contributed by atoms with E-state index < -0.39 is 0 Å². The normalized spacial score (nSPS) is 10.1. The summed E-state index contributed by atoms with van der Waals surface area (Å²) < 4.78 is 0. The molecule has 14 heavy (non-hydrogen) atoms. The molecule has 0 unspecified atom stereocenters. The summed E-state index contributed by atoms with van der Waals surface area (Å²) in [5.74, 6) is 0. The highest BCUT2D eigenvalue weighted by atomic mass is 16.6. The molecule has 0 saturated heterocycles. The van der Waals surface area contributed by atoms with E-state index in [-0.39, 0.29) is 0 Å². The third-order valence-corrected chi connectivity index (χ3v) is 1.62. The molecule has 0 fully saturated rings. The van der Waals surface area contributed by atoms with Crippen LogP contribution in [0, 0.1) is 0 Å². The first-order valence-electron chi connectivity index (χ1n) is 4.14. The predicted octanol–water partition coefficient (Wildman–Crippen LogP) is 1.19. The van der Waals surface area contributed by atoms with Gasteiger partial charge in [-0.25, -0.2) is 0 Å². The van der Waals surface area contributed by atoms with E-state index in [9.17, 15) is 4.79 Å². The van der Waals surface area contributed by atoms with Crippen LogP contribution in [-0.2, 0) is 9.63 Å². The van der Waals surface area contributed by atoms with Crippen LogP contribution in [0.25, 0.3) is 0 Å². The van der Waals surface area contributed by atoms with Gasteiger partial charge in [0.1, 0.15) is 7.11 Å². The minimum absolute atomic E-state index is 0.349. The summed E-state index contributed by atoms with van der Waals surface area (Å²) in [6, 6.07) is 9.24. The molecular weight excluding hydrogens is 180 g/mol. The second-order valence-electron chi connectivity index (χ2n) is 2.51. The molecule has 0 N–H and O–H groups in total. The Bertz CT molecular complexity index is 298. The van der Waals surface area contributed by atoms with Gasteiger partial charge < -0.3 is 4.84 Å². The lowest BCUT2D eigenvalue weighted by molar-refractivity contribution is 0.215. The Labute approximate surface area is 82.8 Å². The quantitative estimate of drug-likeness (QED) is 0.398. The molecule has 0 spiro atoms. The smallest absolute Gasteiger partial charge is 0.317 e. The Morgan fingerprint density at radius 2 is 2.21 bits per heavy atom. The number of amides is 1. The van der Waals surface area contributed by atoms with Crippen LogP contribution < -0.4 is 4.90 Å². The van der Waals surface area contributed by atoms with Crippen LogP contribution in [0.5, 0.6) is 0 Å². The van der Waals surface area contributed by atoms with Crippen LogP contribution in [0.4, 0.5) is 5.69 Å². The molecule has 0 aliphatic carbocycles. The maximum atomic E-state index is 10.6. The lowest BCUT2D eigenvalue weighted by Gasteiger charge is -2.12. The Kier molecular flexibility index (Phi) is 4.20. The Balaban J connectivity index is 2.63. The van der Waals surface area contributed by atoms with Crippen molar-refractivity contribution in [1.82, 2.24) is 0 Å². The van der Waals surface area contributed by atoms with Crippen molar-refractivity contribution in [2.75, 3.05) is 18.6 Å². The lowest BCUT2D eigenvalue weighted by Crippen LogP contribution is -2.22. The molecular formula is C10H11N2O2. The minimum Gasteiger partial charge on any atom is -0.399 e. The zero-order valence-corrected chi connectivity index (χ0v) is 7.88. The highest BCUT2D eigenvalue weighted by Gasteiger charge is 2.02. The van der Waals surface area contributed by atoms with E-state index in [1.54, 1.807) is 0 Å². The molecule has 1 aromatic rings. The fourth-order valence-electron chi connectivity index (χ4n) is 0.993. The van der Waals surface area contributed by atoms with Crippen molar-refractivity contribution >= 4 is 18.3 Å². The van der Waals surface area contributed by atoms with Gasteiger partial charge in [-0.1, -0.05) is 23.4 Å². The fourth-order valence-corrected chi connectivity index (χ4v) is 0.993. The number of hydrogen-bond donors (Lipinski definition) is 0. The molecule has 4 heteroatoms. The van der Waals surface area contributed by atoms with Gasteiger partial charge in [-0.15, -0.1) is 0 Å². The molecule has 0 heterocycles. The number of anilines is 1. The van der Waals surface area contributed by atoms with Crippen molar-refractivity contribution < 1.29 is 9.63 Å². The van der Waals surface area contributed by atoms with Crippen LogP contribution in [-0.4, -0.2) is 26.3 Å².